The summed E-state index contributed by atoms with van der Waals surface area (Å²) in [6.45, 7) is 0.434. The molecule has 0 bridgehead atoms. The van der Waals surface area contributed by atoms with Gasteiger partial charge in [0.2, 0.25) is 0 Å². The highest BCUT2D eigenvalue weighted by Crippen LogP contribution is 2.42. The van der Waals surface area contributed by atoms with Crippen molar-refractivity contribution < 1.29 is 29.5 Å². The van der Waals surface area contributed by atoms with Gasteiger partial charge >= 0.3 is 0 Å². The third kappa shape index (κ3) is 3.71. The van der Waals surface area contributed by atoms with Crippen LogP contribution in [0.4, 0.5) is 0 Å². The summed E-state index contributed by atoms with van der Waals surface area (Å²) in [5.74, 6) is 1.32. The molecule has 1 fully saturated rings. The Balaban J connectivity index is 1.83. The normalized spacial score (nSPS) is 22.3. The van der Waals surface area contributed by atoms with Gasteiger partial charge in [-0.25, -0.2) is 0 Å². The summed E-state index contributed by atoms with van der Waals surface area (Å²) in [5.41, 5.74) is 1.61. The average molecular weight is 360 g/mol. The van der Waals surface area contributed by atoms with Gasteiger partial charge < -0.3 is 29.5 Å². The van der Waals surface area contributed by atoms with Gasteiger partial charge in [0, 0.05) is 24.7 Å². The zero-order chi connectivity index (χ0) is 18.7. The zero-order valence-electron chi connectivity index (χ0n) is 14.9. The molecule has 0 spiro atoms. The van der Waals surface area contributed by atoms with Crippen molar-refractivity contribution in [1.82, 2.24) is 0 Å². The highest BCUT2D eigenvalue weighted by molar-refractivity contribution is 5.41. The summed E-state index contributed by atoms with van der Waals surface area (Å²) in [7, 11) is 3.18. The zero-order valence-corrected chi connectivity index (χ0v) is 14.9. The molecule has 140 valence electrons. The molecule has 1 aliphatic heterocycles. The molecular weight excluding hydrogens is 336 g/mol. The number of rotatable bonds is 6. The van der Waals surface area contributed by atoms with E-state index >= 15 is 0 Å². The summed E-state index contributed by atoms with van der Waals surface area (Å²) in [5, 5.41) is 29.4. The standard InChI is InChI=1S/C20H24O6/c1-24-16-6-13(7-17(9-16)25-2)20-18(10-21)14(11-26-20)5-12-3-4-15(22)8-19(12)23/h3-4,6-9,14,18,20-23H,5,10-11H2,1-2H3/t14-,18+,20+/m1/s1. The van der Waals surface area contributed by atoms with Crippen molar-refractivity contribution in [3.05, 3.63) is 47.5 Å². The molecule has 1 aliphatic rings. The van der Waals surface area contributed by atoms with E-state index in [0.717, 1.165) is 11.1 Å². The fourth-order valence-electron chi connectivity index (χ4n) is 3.52. The van der Waals surface area contributed by atoms with Gasteiger partial charge in [0.25, 0.3) is 0 Å². The second kappa shape index (κ2) is 7.85. The molecule has 6 heteroatoms. The van der Waals surface area contributed by atoms with Gasteiger partial charge in [-0.05, 0) is 41.7 Å². The molecule has 0 aromatic heterocycles. The van der Waals surface area contributed by atoms with Crippen molar-refractivity contribution in [2.24, 2.45) is 11.8 Å². The predicted molar refractivity (Wildman–Crippen MR) is 95.8 cm³/mol. The van der Waals surface area contributed by atoms with Crippen LogP contribution < -0.4 is 9.47 Å². The summed E-state index contributed by atoms with van der Waals surface area (Å²) in [6, 6.07) is 10.1. The van der Waals surface area contributed by atoms with Crippen LogP contribution in [0.25, 0.3) is 0 Å². The minimum atomic E-state index is -0.284. The lowest BCUT2D eigenvalue weighted by atomic mass is 9.84. The van der Waals surface area contributed by atoms with Crippen LogP contribution in [0.15, 0.2) is 36.4 Å². The van der Waals surface area contributed by atoms with E-state index in [2.05, 4.69) is 0 Å². The van der Waals surface area contributed by atoms with Gasteiger partial charge in [0.1, 0.15) is 23.0 Å². The Morgan fingerprint density at radius 1 is 1.04 bits per heavy atom. The lowest BCUT2D eigenvalue weighted by Crippen LogP contribution is -2.21. The first-order valence-electron chi connectivity index (χ1n) is 8.52. The van der Waals surface area contributed by atoms with Crippen LogP contribution in [-0.4, -0.2) is 42.8 Å². The quantitative estimate of drug-likeness (QED) is 0.734. The number of benzene rings is 2. The number of aromatic hydroxyl groups is 2. The molecule has 0 radical (unpaired) electrons. The van der Waals surface area contributed by atoms with Crippen molar-refractivity contribution in [2.45, 2.75) is 12.5 Å². The van der Waals surface area contributed by atoms with Crippen LogP contribution in [0.3, 0.4) is 0 Å². The summed E-state index contributed by atoms with van der Waals surface area (Å²) < 4.78 is 16.6. The first-order chi connectivity index (χ1) is 12.5. The van der Waals surface area contributed by atoms with E-state index in [-0.39, 0.29) is 36.0 Å². The Morgan fingerprint density at radius 3 is 2.31 bits per heavy atom. The molecule has 3 atom stereocenters. The highest BCUT2D eigenvalue weighted by atomic mass is 16.5. The van der Waals surface area contributed by atoms with Gasteiger partial charge in [0.15, 0.2) is 0 Å². The highest BCUT2D eigenvalue weighted by Gasteiger charge is 2.38. The van der Waals surface area contributed by atoms with Crippen LogP contribution in [0, 0.1) is 11.8 Å². The molecule has 0 amide bonds. The van der Waals surface area contributed by atoms with Gasteiger partial charge in [-0.2, -0.15) is 0 Å². The molecule has 3 rings (SSSR count). The van der Waals surface area contributed by atoms with Crippen LogP contribution >= 0.6 is 0 Å². The number of methoxy groups -OCH3 is 2. The molecule has 2 aromatic carbocycles. The lowest BCUT2D eigenvalue weighted by molar-refractivity contribution is 0.0715. The third-order valence-electron chi connectivity index (χ3n) is 4.95. The number of ether oxygens (including phenoxy) is 3. The topological polar surface area (TPSA) is 88.4 Å². The number of hydrogen-bond donors (Lipinski definition) is 3. The summed E-state index contributed by atoms with van der Waals surface area (Å²) in [4.78, 5) is 0. The molecule has 0 unspecified atom stereocenters. The summed E-state index contributed by atoms with van der Waals surface area (Å²) >= 11 is 0. The molecule has 6 nitrogen and oxygen atoms in total. The van der Waals surface area contributed by atoms with Gasteiger partial charge in [-0.3, -0.25) is 0 Å². The van der Waals surface area contributed by atoms with Crippen LogP contribution in [-0.2, 0) is 11.2 Å². The Morgan fingerprint density at radius 2 is 1.73 bits per heavy atom. The number of hydrogen-bond acceptors (Lipinski definition) is 6. The first kappa shape index (κ1) is 18.4. The van der Waals surface area contributed by atoms with Crippen LogP contribution in [0.2, 0.25) is 0 Å². The third-order valence-corrected chi connectivity index (χ3v) is 4.95. The lowest BCUT2D eigenvalue weighted by Gasteiger charge is -2.22. The molecule has 3 N–H and O–H groups in total. The summed E-state index contributed by atoms with van der Waals surface area (Å²) in [6.07, 6.45) is 0.267. The maximum Gasteiger partial charge on any atom is 0.122 e. The molecular formula is C20H24O6. The monoisotopic (exact) mass is 360 g/mol. The largest absolute Gasteiger partial charge is 0.508 e. The Kier molecular flexibility index (Phi) is 5.54. The fraction of sp³-hybridized carbons (Fsp3) is 0.400. The predicted octanol–water partition coefficient (Wildman–Crippen LogP) is 2.65. The molecule has 0 saturated carbocycles. The van der Waals surface area contributed by atoms with Crippen LogP contribution in [0.1, 0.15) is 17.2 Å². The molecule has 26 heavy (non-hydrogen) atoms. The minimum absolute atomic E-state index is 0.0222. The van der Waals surface area contributed by atoms with Crippen LogP contribution in [0.5, 0.6) is 23.0 Å². The maximum atomic E-state index is 10.0. The van der Waals surface area contributed by atoms with E-state index in [0.29, 0.717) is 24.5 Å². The van der Waals surface area contributed by atoms with Gasteiger partial charge in [-0.1, -0.05) is 6.07 Å². The number of aliphatic hydroxyl groups is 1. The van der Waals surface area contributed by atoms with Gasteiger partial charge in [-0.15, -0.1) is 0 Å². The van der Waals surface area contributed by atoms with Gasteiger partial charge in [0.05, 0.1) is 26.9 Å². The van der Waals surface area contributed by atoms with Crippen molar-refractivity contribution in [2.75, 3.05) is 27.4 Å². The van der Waals surface area contributed by atoms with E-state index in [1.807, 2.05) is 12.1 Å². The van der Waals surface area contributed by atoms with Crippen molar-refractivity contribution in [1.29, 1.82) is 0 Å². The average Bonchev–Trinajstić information content (AvgIpc) is 3.06. The number of phenols is 2. The van der Waals surface area contributed by atoms with Crippen molar-refractivity contribution in [3.63, 3.8) is 0 Å². The smallest absolute Gasteiger partial charge is 0.122 e. The van der Waals surface area contributed by atoms with Crippen molar-refractivity contribution in [3.8, 4) is 23.0 Å². The van der Waals surface area contributed by atoms with E-state index < -0.39 is 0 Å². The maximum absolute atomic E-state index is 10.0. The van der Waals surface area contributed by atoms with E-state index in [1.165, 1.54) is 6.07 Å². The Bertz CT molecular complexity index is 738. The van der Waals surface area contributed by atoms with E-state index in [4.69, 9.17) is 14.2 Å². The second-order valence-corrected chi connectivity index (χ2v) is 6.52. The van der Waals surface area contributed by atoms with E-state index in [1.54, 1.807) is 32.4 Å². The number of aliphatic hydroxyl groups excluding tert-OH is 1. The minimum Gasteiger partial charge on any atom is -0.508 e. The first-order valence-corrected chi connectivity index (χ1v) is 8.52. The fourth-order valence-corrected chi connectivity index (χ4v) is 3.52. The Labute approximate surface area is 152 Å². The number of phenolic OH excluding ortho intramolecular Hbond substituents is 2. The molecule has 0 aliphatic carbocycles. The van der Waals surface area contributed by atoms with Crippen molar-refractivity contribution >= 4 is 0 Å². The SMILES string of the molecule is COc1cc(OC)cc([C@@H]2OC[C@@H](Cc3ccc(O)cc3O)[C@@H]2CO)c1. The second-order valence-electron chi connectivity index (χ2n) is 6.52. The van der Waals surface area contributed by atoms with E-state index in [9.17, 15) is 15.3 Å². The molecule has 1 saturated heterocycles. The molecule has 2 aromatic rings. The molecule has 1 heterocycles. The Hall–Kier alpha value is -2.44.